The number of piperidine rings is 1. The molecule has 0 saturated carbocycles. The van der Waals surface area contributed by atoms with Gasteiger partial charge in [0, 0.05) is 26.2 Å². The Morgan fingerprint density at radius 2 is 1.96 bits per heavy atom. The molecular formula is C18H25N3O3. The number of urea groups is 1. The first-order valence-corrected chi connectivity index (χ1v) is 8.52. The maximum atomic E-state index is 12.3. The molecule has 2 aliphatic rings. The molecule has 2 saturated heterocycles. The number of nitrogens with zero attached hydrogens (tertiary/aromatic N) is 1. The van der Waals surface area contributed by atoms with Crippen molar-refractivity contribution in [2.75, 3.05) is 19.6 Å². The van der Waals surface area contributed by atoms with Crippen LogP contribution in [0.1, 0.15) is 30.4 Å². The molecule has 3 rings (SSSR count). The number of aryl methyl sites for hydroxylation is 1. The molecule has 2 aliphatic heterocycles. The van der Waals surface area contributed by atoms with E-state index in [0.717, 1.165) is 24.9 Å². The van der Waals surface area contributed by atoms with Crippen LogP contribution >= 0.6 is 0 Å². The predicted octanol–water partition coefficient (Wildman–Crippen LogP) is 1.73. The molecule has 130 valence electrons. The molecule has 2 fully saturated rings. The van der Waals surface area contributed by atoms with E-state index in [4.69, 9.17) is 5.11 Å². The van der Waals surface area contributed by atoms with E-state index in [9.17, 15) is 9.59 Å². The third kappa shape index (κ3) is 3.70. The average molecular weight is 331 g/mol. The smallest absolute Gasteiger partial charge is 0.320 e. The molecule has 1 atom stereocenters. The second kappa shape index (κ2) is 6.81. The van der Waals surface area contributed by atoms with Crippen LogP contribution in [-0.4, -0.2) is 47.7 Å². The monoisotopic (exact) mass is 331 g/mol. The van der Waals surface area contributed by atoms with Gasteiger partial charge in [-0.15, -0.1) is 0 Å². The van der Waals surface area contributed by atoms with Gasteiger partial charge in [0.05, 0.1) is 0 Å². The lowest BCUT2D eigenvalue weighted by molar-refractivity contribution is -0.139. The molecule has 0 aliphatic carbocycles. The highest BCUT2D eigenvalue weighted by molar-refractivity contribution is 5.75. The Hall–Kier alpha value is -2.08. The lowest BCUT2D eigenvalue weighted by Gasteiger charge is -2.38. The van der Waals surface area contributed by atoms with E-state index in [-0.39, 0.29) is 11.4 Å². The summed E-state index contributed by atoms with van der Waals surface area (Å²) >= 11 is 0. The van der Waals surface area contributed by atoms with E-state index in [1.807, 2.05) is 36.1 Å². The fraction of sp³-hybridized carbons (Fsp3) is 0.556. The number of nitrogens with one attached hydrogen (secondary N) is 2. The van der Waals surface area contributed by atoms with Crippen molar-refractivity contribution >= 4 is 12.0 Å². The summed E-state index contributed by atoms with van der Waals surface area (Å²) in [6.07, 6.45) is 2.39. The van der Waals surface area contributed by atoms with Crippen molar-refractivity contribution in [3.8, 4) is 0 Å². The second-order valence-electron chi connectivity index (χ2n) is 7.11. The minimum absolute atomic E-state index is 0.0360. The van der Waals surface area contributed by atoms with Gasteiger partial charge in [-0.2, -0.15) is 0 Å². The molecule has 6 nitrogen and oxygen atoms in total. The summed E-state index contributed by atoms with van der Waals surface area (Å²) in [5.41, 5.74) is 2.33. The highest BCUT2D eigenvalue weighted by Gasteiger charge is 2.44. The molecule has 0 unspecified atom stereocenters. The molecule has 1 aromatic rings. The van der Waals surface area contributed by atoms with Crippen molar-refractivity contribution in [3.63, 3.8) is 0 Å². The zero-order chi connectivity index (χ0) is 17.2. The Labute approximate surface area is 142 Å². The van der Waals surface area contributed by atoms with Crippen LogP contribution in [0.3, 0.4) is 0 Å². The lowest BCUT2D eigenvalue weighted by atomic mass is 9.76. The molecule has 2 amide bonds. The molecule has 0 aromatic heterocycles. The number of carboxylic acids is 1. The molecule has 3 N–H and O–H groups in total. The minimum atomic E-state index is -0.773. The fourth-order valence-electron chi connectivity index (χ4n) is 3.65. The number of likely N-dealkylation sites (tertiary alicyclic amines) is 1. The lowest BCUT2D eigenvalue weighted by Crippen LogP contribution is -2.47. The van der Waals surface area contributed by atoms with Gasteiger partial charge in [-0.1, -0.05) is 29.8 Å². The summed E-state index contributed by atoms with van der Waals surface area (Å²) in [4.78, 5) is 25.3. The topological polar surface area (TPSA) is 81.7 Å². The summed E-state index contributed by atoms with van der Waals surface area (Å²) in [6.45, 7) is 4.69. The summed E-state index contributed by atoms with van der Waals surface area (Å²) in [5, 5.41) is 15.2. The second-order valence-corrected chi connectivity index (χ2v) is 7.11. The maximum absolute atomic E-state index is 12.3. The van der Waals surface area contributed by atoms with Gasteiger partial charge in [-0.3, -0.25) is 4.79 Å². The molecule has 2 heterocycles. The van der Waals surface area contributed by atoms with Crippen molar-refractivity contribution in [2.24, 2.45) is 5.41 Å². The van der Waals surface area contributed by atoms with Crippen LogP contribution in [0, 0.1) is 12.3 Å². The quantitative estimate of drug-likeness (QED) is 0.788. The molecule has 1 spiro atoms. The number of rotatable bonds is 3. The molecular weight excluding hydrogens is 306 g/mol. The Morgan fingerprint density at radius 3 is 2.54 bits per heavy atom. The normalized spacial score (nSPS) is 22.5. The number of carbonyl (C=O) groups is 2. The van der Waals surface area contributed by atoms with Gasteiger partial charge in [-0.05, 0) is 37.2 Å². The number of aliphatic carboxylic acids is 1. The number of amides is 2. The molecule has 24 heavy (non-hydrogen) atoms. The number of benzene rings is 1. The van der Waals surface area contributed by atoms with E-state index < -0.39 is 12.0 Å². The summed E-state index contributed by atoms with van der Waals surface area (Å²) in [5.74, 6) is -0.773. The van der Waals surface area contributed by atoms with Gasteiger partial charge in [0.1, 0.15) is 6.04 Å². The number of carbonyl (C=O) groups excluding carboxylic acids is 1. The van der Waals surface area contributed by atoms with Crippen LogP contribution in [0.2, 0.25) is 0 Å². The first kappa shape index (κ1) is 16.8. The molecule has 6 heteroatoms. The summed E-state index contributed by atoms with van der Waals surface area (Å²) in [7, 11) is 0. The zero-order valence-corrected chi connectivity index (χ0v) is 14.0. The summed E-state index contributed by atoms with van der Waals surface area (Å²) in [6, 6.07) is 7.66. The third-order valence-electron chi connectivity index (χ3n) is 5.33. The van der Waals surface area contributed by atoms with Crippen LogP contribution < -0.4 is 10.6 Å². The highest BCUT2D eigenvalue weighted by Crippen LogP contribution is 2.39. The van der Waals surface area contributed by atoms with E-state index in [0.29, 0.717) is 26.1 Å². The van der Waals surface area contributed by atoms with Crippen LogP contribution in [0.25, 0.3) is 0 Å². The number of hydrogen-bond donors (Lipinski definition) is 3. The first-order chi connectivity index (χ1) is 11.5. The van der Waals surface area contributed by atoms with E-state index in [1.54, 1.807) is 0 Å². The van der Waals surface area contributed by atoms with E-state index in [2.05, 4.69) is 10.6 Å². The molecule has 1 aromatic carbocycles. The predicted molar refractivity (Wildman–Crippen MR) is 90.7 cm³/mol. The molecule has 0 bridgehead atoms. The average Bonchev–Trinajstić information content (AvgIpc) is 2.99. The van der Waals surface area contributed by atoms with Crippen molar-refractivity contribution in [2.45, 2.75) is 38.8 Å². The van der Waals surface area contributed by atoms with Gasteiger partial charge in [-0.25, -0.2) is 4.79 Å². The van der Waals surface area contributed by atoms with Crippen LogP contribution in [0.15, 0.2) is 24.3 Å². The van der Waals surface area contributed by atoms with Crippen molar-refractivity contribution in [1.29, 1.82) is 0 Å². The summed E-state index contributed by atoms with van der Waals surface area (Å²) < 4.78 is 0. The van der Waals surface area contributed by atoms with Crippen molar-refractivity contribution in [1.82, 2.24) is 15.5 Å². The van der Waals surface area contributed by atoms with E-state index in [1.165, 1.54) is 5.56 Å². The highest BCUT2D eigenvalue weighted by atomic mass is 16.4. The largest absolute Gasteiger partial charge is 0.480 e. The Balaban J connectivity index is 1.47. The van der Waals surface area contributed by atoms with Crippen molar-refractivity contribution < 1.29 is 14.7 Å². The zero-order valence-electron chi connectivity index (χ0n) is 14.0. The number of carboxylic acid groups (broad SMARTS) is 1. The van der Waals surface area contributed by atoms with Crippen LogP contribution in [0.4, 0.5) is 4.79 Å². The fourth-order valence-corrected chi connectivity index (χ4v) is 3.65. The Bertz CT molecular complexity index is 606. The van der Waals surface area contributed by atoms with Gasteiger partial charge in [0.25, 0.3) is 0 Å². The number of hydrogen-bond acceptors (Lipinski definition) is 3. The minimum Gasteiger partial charge on any atom is -0.480 e. The van der Waals surface area contributed by atoms with Gasteiger partial charge < -0.3 is 20.6 Å². The van der Waals surface area contributed by atoms with Gasteiger partial charge in [0.2, 0.25) is 0 Å². The van der Waals surface area contributed by atoms with E-state index >= 15 is 0 Å². The molecule has 0 radical (unpaired) electrons. The third-order valence-corrected chi connectivity index (χ3v) is 5.33. The Morgan fingerprint density at radius 1 is 1.29 bits per heavy atom. The van der Waals surface area contributed by atoms with Crippen LogP contribution in [-0.2, 0) is 11.3 Å². The standard InChI is InChI=1S/C18H25N3O3/c1-13-2-4-14(5-3-13)11-19-17(24)21-8-6-18(7-9-21)10-15(16(22)23)20-12-18/h2-5,15,20H,6-12H2,1H3,(H,19,24)(H,22,23)/t15-/m0/s1. The van der Waals surface area contributed by atoms with Crippen LogP contribution in [0.5, 0.6) is 0 Å². The Kier molecular flexibility index (Phi) is 4.76. The van der Waals surface area contributed by atoms with Gasteiger partial charge >= 0.3 is 12.0 Å². The SMILES string of the molecule is Cc1ccc(CNC(=O)N2CCC3(CC2)CN[C@H](C(=O)O)C3)cc1. The first-order valence-electron chi connectivity index (χ1n) is 8.52. The van der Waals surface area contributed by atoms with Crippen molar-refractivity contribution in [3.05, 3.63) is 35.4 Å². The maximum Gasteiger partial charge on any atom is 0.320 e. The van der Waals surface area contributed by atoms with Gasteiger partial charge in [0.15, 0.2) is 0 Å².